The molecule has 1 saturated heterocycles. The lowest BCUT2D eigenvalue weighted by atomic mass is 9.84. The van der Waals surface area contributed by atoms with E-state index >= 15 is 0 Å². The fraction of sp³-hybridized carbons (Fsp3) is 0.800. The molecule has 0 aromatic heterocycles. The van der Waals surface area contributed by atoms with Crippen molar-refractivity contribution in [2.75, 3.05) is 27.2 Å². The molecule has 0 aliphatic carbocycles. The third-order valence-corrected chi connectivity index (χ3v) is 6.33. The van der Waals surface area contributed by atoms with Gasteiger partial charge in [0.1, 0.15) is 6.04 Å². The second-order valence-electron chi connectivity index (χ2n) is 10.7. The Balaban J connectivity index is 3.12. The summed E-state index contributed by atoms with van der Waals surface area (Å²) in [6, 6.07) is -1.21. The van der Waals surface area contributed by atoms with Gasteiger partial charge >= 0.3 is 5.97 Å². The predicted octanol–water partition coefficient (Wildman–Crippen LogP) is 3.24. The molecule has 0 aromatic carbocycles. The first-order valence-corrected chi connectivity index (χ1v) is 11.8. The normalized spacial score (nSPS) is 22.3. The highest BCUT2D eigenvalue weighted by molar-refractivity contribution is 5.91. The maximum atomic E-state index is 13.6. The van der Waals surface area contributed by atoms with E-state index in [0.717, 1.165) is 19.4 Å². The molecule has 1 aliphatic heterocycles. The van der Waals surface area contributed by atoms with E-state index < -0.39 is 11.5 Å². The molecule has 4 atom stereocenters. The molecule has 0 spiro atoms. The van der Waals surface area contributed by atoms with Crippen LogP contribution in [0.2, 0.25) is 0 Å². The van der Waals surface area contributed by atoms with Crippen LogP contribution in [0.4, 0.5) is 0 Å². The summed E-state index contributed by atoms with van der Waals surface area (Å²) in [4.78, 5) is 42.6. The standard InChI is InChI=1S/C25H45N3O4/c1-11-32-24(31)18(5)15-19(16(2)3)28(10)23(30)21(25(6,7)8)26-22(29)20-14-17(4)12-13-27(20)9/h15-17,19-21H,11-14H2,1-10H3,(H,26,29)/b18-15+/t17-,19-,20?,21-/m1/s1. The van der Waals surface area contributed by atoms with Gasteiger partial charge in [-0.3, -0.25) is 14.5 Å². The van der Waals surface area contributed by atoms with Crippen LogP contribution in [0.15, 0.2) is 11.6 Å². The highest BCUT2D eigenvalue weighted by atomic mass is 16.5. The predicted molar refractivity (Wildman–Crippen MR) is 128 cm³/mol. The number of rotatable bonds is 8. The molecule has 184 valence electrons. The van der Waals surface area contributed by atoms with E-state index in [1.165, 1.54) is 0 Å². The summed E-state index contributed by atoms with van der Waals surface area (Å²) in [6.07, 6.45) is 3.66. The van der Waals surface area contributed by atoms with Gasteiger partial charge in [0.2, 0.25) is 11.8 Å². The Morgan fingerprint density at radius 3 is 2.34 bits per heavy atom. The second-order valence-corrected chi connectivity index (χ2v) is 10.7. The molecule has 1 unspecified atom stereocenters. The lowest BCUT2D eigenvalue weighted by molar-refractivity contribution is -0.142. The van der Waals surface area contributed by atoms with Crippen LogP contribution in [0.1, 0.15) is 68.2 Å². The summed E-state index contributed by atoms with van der Waals surface area (Å²) in [7, 11) is 3.70. The number of likely N-dealkylation sites (N-methyl/N-ethyl adjacent to an activating group) is 2. The third kappa shape index (κ3) is 7.61. The van der Waals surface area contributed by atoms with Gasteiger partial charge in [-0.05, 0) is 57.5 Å². The number of hydrogen-bond acceptors (Lipinski definition) is 5. The average Bonchev–Trinajstić information content (AvgIpc) is 2.69. The highest BCUT2D eigenvalue weighted by Crippen LogP contribution is 2.26. The zero-order valence-corrected chi connectivity index (χ0v) is 21.8. The largest absolute Gasteiger partial charge is 0.463 e. The van der Waals surface area contributed by atoms with E-state index in [1.54, 1.807) is 31.9 Å². The van der Waals surface area contributed by atoms with Crippen molar-refractivity contribution < 1.29 is 19.1 Å². The summed E-state index contributed by atoms with van der Waals surface area (Å²) in [5.41, 5.74) is 0.000687. The molecule has 7 heteroatoms. The third-order valence-electron chi connectivity index (χ3n) is 6.33. The van der Waals surface area contributed by atoms with Gasteiger partial charge in [0.25, 0.3) is 0 Å². The van der Waals surface area contributed by atoms with Crippen molar-refractivity contribution in [3.8, 4) is 0 Å². The quantitative estimate of drug-likeness (QED) is 0.453. The second kappa shape index (κ2) is 11.8. The summed E-state index contributed by atoms with van der Waals surface area (Å²) in [6.45, 7) is 16.7. The number of hydrogen-bond donors (Lipinski definition) is 1. The van der Waals surface area contributed by atoms with Crippen molar-refractivity contribution in [3.05, 3.63) is 11.6 Å². The molecule has 1 aliphatic rings. The lowest BCUT2D eigenvalue weighted by Crippen LogP contribution is -2.60. The number of piperidine rings is 1. The molecule has 1 rings (SSSR count). The van der Waals surface area contributed by atoms with Crippen LogP contribution in [-0.2, 0) is 19.1 Å². The van der Waals surface area contributed by atoms with Crippen molar-refractivity contribution in [2.45, 2.75) is 86.4 Å². The number of esters is 1. The zero-order valence-electron chi connectivity index (χ0n) is 21.8. The Kier molecular flexibility index (Phi) is 10.4. The smallest absolute Gasteiger partial charge is 0.333 e. The lowest BCUT2D eigenvalue weighted by Gasteiger charge is -2.40. The maximum Gasteiger partial charge on any atom is 0.333 e. The van der Waals surface area contributed by atoms with Crippen LogP contribution in [0.5, 0.6) is 0 Å². The molecule has 32 heavy (non-hydrogen) atoms. The van der Waals surface area contributed by atoms with Crippen LogP contribution in [0.3, 0.4) is 0 Å². The van der Waals surface area contributed by atoms with Crippen LogP contribution >= 0.6 is 0 Å². The molecule has 1 heterocycles. The van der Waals surface area contributed by atoms with Crippen molar-refractivity contribution in [1.29, 1.82) is 0 Å². The van der Waals surface area contributed by atoms with Crippen molar-refractivity contribution in [2.24, 2.45) is 17.3 Å². The van der Waals surface area contributed by atoms with Crippen LogP contribution < -0.4 is 5.32 Å². The first-order chi connectivity index (χ1) is 14.7. The van der Waals surface area contributed by atoms with Crippen LogP contribution in [-0.4, -0.2) is 73.0 Å². The first kappa shape index (κ1) is 28.1. The van der Waals surface area contributed by atoms with Gasteiger partial charge in [-0.25, -0.2) is 4.79 Å². The van der Waals surface area contributed by atoms with Gasteiger partial charge in [0.05, 0.1) is 18.7 Å². The van der Waals surface area contributed by atoms with Gasteiger partial charge in [-0.1, -0.05) is 47.6 Å². The van der Waals surface area contributed by atoms with Gasteiger partial charge in [-0.15, -0.1) is 0 Å². The molecule has 0 saturated carbocycles. The van der Waals surface area contributed by atoms with E-state index in [-0.39, 0.29) is 35.8 Å². The van der Waals surface area contributed by atoms with Crippen molar-refractivity contribution in [1.82, 2.24) is 15.1 Å². The van der Waals surface area contributed by atoms with Gasteiger partial charge in [0.15, 0.2) is 0 Å². The molecule has 0 aromatic rings. The van der Waals surface area contributed by atoms with Gasteiger partial charge < -0.3 is 15.0 Å². The molecule has 1 fully saturated rings. The molecule has 0 bridgehead atoms. The monoisotopic (exact) mass is 451 g/mol. The zero-order chi connectivity index (χ0) is 24.8. The SMILES string of the molecule is CCOC(=O)/C(C)=C/[C@H](C(C)C)N(C)C(=O)[C@@H](NC(=O)C1C[C@H](C)CCN1C)C(C)(C)C. The van der Waals surface area contributed by atoms with Gasteiger partial charge in [-0.2, -0.15) is 0 Å². The van der Waals surface area contributed by atoms with Crippen molar-refractivity contribution >= 4 is 17.8 Å². The highest BCUT2D eigenvalue weighted by Gasteiger charge is 2.39. The minimum atomic E-state index is -0.678. The van der Waals surface area contributed by atoms with E-state index in [4.69, 9.17) is 4.74 Å². The minimum Gasteiger partial charge on any atom is -0.463 e. The fourth-order valence-corrected chi connectivity index (χ4v) is 4.12. The molecule has 1 N–H and O–H groups in total. The van der Waals surface area contributed by atoms with E-state index in [2.05, 4.69) is 17.1 Å². The molecule has 7 nitrogen and oxygen atoms in total. The number of carbonyl (C=O) groups is 3. The van der Waals surface area contributed by atoms with E-state index in [1.807, 2.05) is 41.7 Å². The fourth-order valence-electron chi connectivity index (χ4n) is 4.12. The van der Waals surface area contributed by atoms with Gasteiger partial charge in [0, 0.05) is 12.6 Å². The molecular weight excluding hydrogens is 406 g/mol. The Hall–Kier alpha value is -1.89. The number of nitrogens with one attached hydrogen (secondary N) is 1. The topological polar surface area (TPSA) is 79.0 Å². The van der Waals surface area contributed by atoms with Crippen molar-refractivity contribution in [3.63, 3.8) is 0 Å². The molecule has 2 amide bonds. The minimum absolute atomic E-state index is 0.0787. The summed E-state index contributed by atoms with van der Waals surface area (Å²) < 4.78 is 5.09. The Labute approximate surface area is 194 Å². The first-order valence-electron chi connectivity index (χ1n) is 11.8. The number of ether oxygens (including phenoxy) is 1. The maximum absolute atomic E-state index is 13.6. The number of carbonyl (C=O) groups excluding carboxylic acids is 3. The average molecular weight is 452 g/mol. The molecule has 0 radical (unpaired) electrons. The van der Waals surface area contributed by atoms with Crippen LogP contribution in [0, 0.1) is 17.3 Å². The Bertz CT molecular complexity index is 696. The summed E-state index contributed by atoms with van der Waals surface area (Å²) in [5, 5.41) is 3.06. The van der Waals surface area contributed by atoms with E-state index in [9.17, 15) is 14.4 Å². The number of likely N-dealkylation sites (tertiary alicyclic amines) is 1. The molecular formula is C25H45N3O4. The summed E-state index contributed by atoms with van der Waals surface area (Å²) >= 11 is 0. The van der Waals surface area contributed by atoms with E-state index in [0.29, 0.717) is 18.1 Å². The van der Waals surface area contributed by atoms with Crippen LogP contribution in [0.25, 0.3) is 0 Å². The summed E-state index contributed by atoms with van der Waals surface area (Å²) in [5.74, 6) is -0.0807. The Morgan fingerprint density at radius 1 is 1.25 bits per heavy atom. The Morgan fingerprint density at radius 2 is 1.84 bits per heavy atom. The number of nitrogens with zero attached hydrogens (tertiary/aromatic N) is 2. The number of amides is 2.